The van der Waals surface area contributed by atoms with Gasteiger partial charge in [-0.1, -0.05) is 18.2 Å². The van der Waals surface area contributed by atoms with Crippen LogP contribution in [0.15, 0.2) is 24.3 Å². The molecule has 1 fully saturated rings. The molecule has 3 unspecified atom stereocenters. The van der Waals surface area contributed by atoms with Crippen LogP contribution in [-0.2, 0) is 17.8 Å². The molecule has 3 atom stereocenters. The number of carboxylic acids is 1. The summed E-state index contributed by atoms with van der Waals surface area (Å²) in [5.41, 5.74) is 0.658. The molecule has 4 rings (SSSR count). The number of rotatable bonds is 5. The number of aliphatic carboxylic acids is 1. The molecular formula is C21H19ClF3NO4. The number of nitrogens with zero attached hydrogens (tertiary/aromatic N) is 1. The van der Waals surface area contributed by atoms with Gasteiger partial charge in [-0.05, 0) is 48.4 Å². The van der Waals surface area contributed by atoms with Gasteiger partial charge in [0.2, 0.25) is 0 Å². The number of carboxylic acid groups (broad SMARTS) is 1. The molecule has 2 N–H and O–H groups in total. The van der Waals surface area contributed by atoms with E-state index in [9.17, 15) is 28.2 Å². The van der Waals surface area contributed by atoms with E-state index in [2.05, 4.69) is 4.74 Å². The number of alkyl halides is 4. The molecule has 0 radical (unpaired) electrons. The Kier molecular flexibility index (Phi) is 4.52. The molecule has 160 valence electrons. The molecule has 1 heterocycles. The molecule has 2 aliphatic rings. The maximum atomic E-state index is 12.5. The molecule has 0 saturated heterocycles. The topological polar surface area (TPSA) is 71.7 Å². The van der Waals surface area contributed by atoms with E-state index in [0.717, 1.165) is 0 Å². The zero-order chi connectivity index (χ0) is 22.1. The third-order valence-electron chi connectivity index (χ3n) is 5.96. The number of aliphatic hydroxyl groups is 1. The van der Waals surface area contributed by atoms with E-state index in [1.54, 1.807) is 32.1 Å². The number of hydrogen-bond donors (Lipinski definition) is 2. The van der Waals surface area contributed by atoms with Gasteiger partial charge in [-0.3, -0.25) is 4.79 Å². The van der Waals surface area contributed by atoms with Gasteiger partial charge >= 0.3 is 12.3 Å². The van der Waals surface area contributed by atoms with E-state index < -0.39 is 22.8 Å². The van der Waals surface area contributed by atoms with Crippen molar-refractivity contribution in [2.75, 3.05) is 0 Å². The Morgan fingerprint density at radius 2 is 2.07 bits per heavy atom. The first-order chi connectivity index (χ1) is 13.8. The van der Waals surface area contributed by atoms with E-state index in [1.807, 2.05) is 4.57 Å². The number of benzene rings is 1. The van der Waals surface area contributed by atoms with Crippen molar-refractivity contribution in [3.05, 3.63) is 51.7 Å². The van der Waals surface area contributed by atoms with Crippen molar-refractivity contribution in [3.63, 3.8) is 0 Å². The fourth-order valence-corrected chi connectivity index (χ4v) is 4.73. The lowest BCUT2D eigenvalue weighted by atomic mass is 10.1. The molecule has 1 saturated carbocycles. The van der Waals surface area contributed by atoms with Crippen LogP contribution in [0.5, 0.6) is 5.75 Å². The Bertz CT molecular complexity index is 1170. The van der Waals surface area contributed by atoms with Crippen LogP contribution >= 0.6 is 11.6 Å². The summed E-state index contributed by atoms with van der Waals surface area (Å²) in [6.07, 6.45) is -1.49. The highest BCUT2D eigenvalue weighted by Crippen LogP contribution is 2.61. The molecule has 5 nitrogen and oxygen atoms in total. The van der Waals surface area contributed by atoms with Gasteiger partial charge in [-0.15, -0.1) is 24.8 Å². The summed E-state index contributed by atoms with van der Waals surface area (Å²) in [5, 5.41) is 21.2. The summed E-state index contributed by atoms with van der Waals surface area (Å²) in [7, 11) is 0. The molecule has 30 heavy (non-hydrogen) atoms. The van der Waals surface area contributed by atoms with Gasteiger partial charge < -0.3 is 19.5 Å². The van der Waals surface area contributed by atoms with Crippen LogP contribution in [0.3, 0.4) is 0 Å². The molecule has 0 amide bonds. The number of halogens is 4. The van der Waals surface area contributed by atoms with E-state index >= 15 is 0 Å². The third kappa shape index (κ3) is 3.28. The van der Waals surface area contributed by atoms with Crippen LogP contribution < -0.4 is 15.3 Å². The highest BCUT2D eigenvalue weighted by molar-refractivity contribution is 6.32. The molecule has 1 aromatic heterocycles. The molecule has 2 aliphatic carbocycles. The van der Waals surface area contributed by atoms with Crippen molar-refractivity contribution in [3.8, 4) is 5.75 Å². The third-order valence-corrected chi connectivity index (χ3v) is 6.69. The van der Waals surface area contributed by atoms with Crippen molar-refractivity contribution in [1.82, 2.24) is 4.57 Å². The van der Waals surface area contributed by atoms with Gasteiger partial charge in [0.25, 0.3) is 0 Å². The van der Waals surface area contributed by atoms with Crippen LogP contribution in [0.1, 0.15) is 23.7 Å². The van der Waals surface area contributed by atoms with Crippen molar-refractivity contribution in [2.24, 2.45) is 5.92 Å². The van der Waals surface area contributed by atoms with Crippen molar-refractivity contribution >= 4 is 29.7 Å². The maximum absolute atomic E-state index is 12.5. The van der Waals surface area contributed by atoms with E-state index in [1.165, 1.54) is 18.2 Å². The molecule has 9 heteroatoms. The van der Waals surface area contributed by atoms with Crippen molar-refractivity contribution in [1.29, 1.82) is 0 Å². The first-order valence-electron chi connectivity index (χ1n) is 9.24. The van der Waals surface area contributed by atoms with Crippen LogP contribution in [0, 0.1) is 12.8 Å². The van der Waals surface area contributed by atoms with Crippen molar-refractivity contribution in [2.45, 2.75) is 43.7 Å². The molecule has 0 bridgehead atoms. The second-order valence-corrected chi connectivity index (χ2v) is 8.54. The fraction of sp³-hybridized carbons (Fsp3) is 0.381. The number of hydrogen-bond acceptors (Lipinski definition) is 3. The second kappa shape index (κ2) is 6.52. The number of ether oxygens (including phenoxy) is 1. The summed E-state index contributed by atoms with van der Waals surface area (Å²) in [5.74, 6) is -1.68. The molecular weight excluding hydrogens is 423 g/mol. The Morgan fingerprint density at radius 3 is 2.70 bits per heavy atom. The number of carbonyl (C=O) groups is 1. The number of aromatic nitrogens is 1. The first-order valence-corrected chi connectivity index (χ1v) is 9.62. The highest BCUT2D eigenvalue weighted by atomic mass is 35.5. The van der Waals surface area contributed by atoms with E-state index in [0.29, 0.717) is 27.4 Å². The quantitative estimate of drug-likeness (QED) is 0.698. The summed E-state index contributed by atoms with van der Waals surface area (Å²) in [4.78, 5) is 10.4. The molecule has 2 aromatic rings. The van der Waals surface area contributed by atoms with Gasteiger partial charge in [-0.2, -0.15) is 0 Å². The SMILES string of the molecule is Cc1c(CC(=O)O)c2c(n1Cc1cccc(OC(F)(F)F)c1)=CC1(Cl)C(C=2)C1(C)O. The first kappa shape index (κ1) is 20.8. The van der Waals surface area contributed by atoms with Crippen LogP contribution in [0.25, 0.3) is 12.2 Å². The molecule has 1 aromatic carbocycles. The summed E-state index contributed by atoms with van der Waals surface area (Å²) in [6, 6.07) is 5.62. The Hall–Kier alpha value is -2.45. The monoisotopic (exact) mass is 441 g/mol. The fourth-order valence-electron chi connectivity index (χ4n) is 4.29. The lowest BCUT2D eigenvalue weighted by Crippen LogP contribution is -2.36. The molecule has 0 aliphatic heterocycles. The van der Waals surface area contributed by atoms with Crippen LogP contribution in [0.4, 0.5) is 13.2 Å². The van der Waals surface area contributed by atoms with Gasteiger partial charge in [-0.25, -0.2) is 0 Å². The Labute approximate surface area is 174 Å². The van der Waals surface area contributed by atoms with E-state index in [4.69, 9.17) is 11.6 Å². The van der Waals surface area contributed by atoms with Crippen molar-refractivity contribution < 1.29 is 32.9 Å². The van der Waals surface area contributed by atoms with Gasteiger partial charge in [0, 0.05) is 23.5 Å². The van der Waals surface area contributed by atoms with Gasteiger partial charge in [0.15, 0.2) is 0 Å². The van der Waals surface area contributed by atoms with E-state index in [-0.39, 0.29) is 24.6 Å². The lowest BCUT2D eigenvalue weighted by Gasteiger charge is -2.13. The Balaban J connectivity index is 1.81. The minimum atomic E-state index is -4.80. The standard InChI is InChI=1S/C21H19ClF3NO4/c1-11-14(8-18(27)28)15-7-17-19(2,29)20(17,22)9-16(15)26(11)10-12-4-3-5-13(6-12)30-21(23,24)25/h3-7,9,17,29H,8,10H2,1-2H3,(H,27,28). The predicted molar refractivity (Wildman–Crippen MR) is 104 cm³/mol. The highest BCUT2D eigenvalue weighted by Gasteiger charge is 2.71. The van der Waals surface area contributed by atoms with Gasteiger partial charge in [0.1, 0.15) is 10.6 Å². The zero-order valence-electron chi connectivity index (χ0n) is 16.1. The molecule has 0 spiro atoms. The summed E-state index contributed by atoms with van der Waals surface area (Å²) < 4.78 is 43.4. The lowest BCUT2D eigenvalue weighted by molar-refractivity contribution is -0.274. The average Bonchev–Trinajstić information content (AvgIpc) is 2.93. The largest absolute Gasteiger partial charge is 0.573 e. The smallest absolute Gasteiger partial charge is 0.481 e. The van der Waals surface area contributed by atoms with Gasteiger partial charge in [0.05, 0.1) is 12.0 Å². The normalized spacial score (nSPS) is 26.8. The summed E-state index contributed by atoms with van der Waals surface area (Å²) in [6.45, 7) is 3.57. The minimum absolute atomic E-state index is 0.187. The van der Waals surface area contributed by atoms with Crippen LogP contribution in [0.2, 0.25) is 0 Å². The average molecular weight is 442 g/mol. The zero-order valence-corrected chi connectivity index (χ0v) is 16.9. The number of fused-ring (bicyclic) bond motifs is 2. The Morgan fingerprint density at radius 1 is 1.37 bits per heavy atom. The maximum Gasteiger partial charge on any atom is 0.573 e. The predicted octanol–water partition coefficient (Wildman–Crippen LogP) is 2.30. The summed E-state index contributed by atoms with van der Waals surface area (Å²) >= 11 is 6.59. The minimum Gasteiger partial charge on any atom is -0.481 e. The second-order valence-electron chi connectivity index (χ2n) is 7.92. The van der Waals surface area contributed by atoms with Crippen LogP contribution in [-0.4, -0.2) is 37.6 Å².